The third-order valence-corrected chi connectivity index (χ3v) is 9.72. The molecule has 1 aliphatic heterocycles. The number of nitrogens with zero attached hydrogens (tertiary/aromatic N) is 5. The lowest BCUT2D eigenvalue weighted by Crippen LogP contribution is -2.48. The second kappa shape index (κ2) is 13.4. The average Bonchev–Trinajstić information content (AvgIpc) is 3.31. The van der Waals surface area contributed by atoms with E-state index < -0.39 is 12.7 Å². The summed E-state index contributed by atoms with van der Waals surface area (Å²) in [6, 6.07) is 6.80. The van der Waals surface area contributed by atoms with Crippen molar-refractivity contribution in [1.82, 2.24) is 24.3 Å². The zero-order valence-corrected chi connectivity index (χ0v) is 25.0. The van der Waals surface area contributed by atoms with Gasteiger partial charge >= 0.3 is 6.18 Å². The number of halogens is 3. The van der Waals surface area contributed by atoms with Crippen molar-refractivity contribution < 1.29 is 18.0 Å². The largest absolute Gasteiger partial charge is 0.401 e. The highest BCUT2D eigenvalue weighted by molar-refractivity contribution is 5.79. The maximum absolute atomic E-state index is 13.5. The monoisotopic (exact) mass is 575 g/mol. The molecule has 228 valence electrons. The summed E-state index contributed by atoms with van der Waals surface area (Å²) < 4.78 is 40.8. The van der Waals surface area contributed by atoms with Gasteiger partial charge in [-0.25, -0.2) is 4.98 Å². The van der Waals surface area contributed by atoms with Gasteiger partial charge in [-0.15, -0.1) is 0 Å². The van der Waals surface area contributed by atoms with Gasteiger partial charge in [-0.3, -0.25) is 14.6 Å². The summed E-state index contributed by atoms with van der Waals surface area (Å²) in [6.45, 7) is 7.83. The number of piperazine rings is 1. The van der Waals surface area contributed by atoms with Crippen molar-refractivity contribution in [3.8, 4) is 0 Å². The van der Waals surface area contributed by atoms with Gasteiger partial charge in [0.1, 0.15) is 5.82 Å². The van der Waals surface area contributed by atoms with Crippen LogP contribution in [0, 0.1) is 5.92 Å². The zero-order chi connectivity index (χ0) is 29.0. The van der Waals surface area contributed by atoms with Crippen molar-refractivity contribution in [2.24, 2.45) is 5.92 Å². The first kappa shape index (κ1) is 30.3. The standard InChI is InChI=1S/C32H48F3N5O/c1-3-39(27-7-5-4-6-8-27)30(41)15-16-40-29-21-25(22-37-17-19-38(20-18-37)23-32(33,34)35)11-14-28(29)36-31(40)26-12-9-24(2)10-13-26/h11,14,21,24,26-27H,3-10,12-13,15-20,22-23H2,1-2H3/t24-,26-. The number of hydrogen-bond acceptors (Lipinski definition) is 4. The predicted molar refractivity (Wildman–Crippen MR) is 157 cm³/mol. The maximum Gasteiger partial charge on any atom is 0.401 e. The molecule has 2 aliphatic carbocycles. The molecule has 6 nitrogen and oxygen atoms in total. The Kier molecular flexibility index (Phi) is 9.95. The number of aryl methyl sites for hydroxylation is 1. The molecule has 1 saturated heterocycles. The number of alkyl halides is 3. The summed E-state index contributed by atoms with van der Waals surface area (Å²) >= 11 is 0. The third kappa shape index (κ3) is 7.83. The van der Waals surface area contributed by atoms with Gasteiger partial charge in [-0.2, -0.15) is 13.2 Å². The van der Waals surface area contributed by atoms with Gasteiger partial charge in [-0.05, 0) is 56.2 Å². The number of carbonyl (C=O) groups excluding carboxylic acids is 1. The second-order valence-corrected chi connectivity index (χ2v) is 12.8. The van der Waals surface area contributed by atoms with Crippen molar-refractivity contribution in [2.75, 3.05) is 39.3 Å². The van der Waals surface area contributed by atoms with Crippen molar-refractivity contribution in [2.45, 2.75) is 109 Å². The van der Waals surface area contributed by atoms with Crippen LogP contribution in [0.1, 0.15) is 95.4 Å². The van der Waals surface area contributed by atoms with Gasteiger partial charge in [0.25, 0.3) is 0 Å². The molecular weight excluding hydrogens is 527 g/mol. The van der Waals surface area contributed by atoms with Crippen LogP contribution in [0.2, 0.25) is 0 Å². The van der Waals surface area contributed by atoms with E-state index in [1.807, 2.05) is 0 Å². The minimum atomic E-state index is -4.15. The van der Waals surface area contributed by atoms with E-state index in [-0.39, 0.29) is 5.91 Å². The highest BCUT2D eigenvalue weighted by atomic mass is 19.4. The van der Waals surface area contributed by atoms with Gasteiger partial charge in [0, 0.05) is 64.2 Å². The Hall–Kier alpha value is -2.13. The van der Waals surface area contributed by atoms with Crippen LogP contribution in [0.3, 0.4) is 0 Å². The van der Waals surface area contributed by atoms with Crippen molar-refractivity contribution in [3.63, 3.8) is 0 Å². The highest BCUT2D eigenvalue weighted by Gasteiger charge is 2.32. The quantitative estimate of drug-likeness (QED) is 0.339. The summed E-state index contributed by atoms with van der Waals surface area (Å²) in [7, 11) is 0. The van der Waals surface area contributed by atoms with Crippen molar-refractivity contribution in [1.29, 1.82) is 0 Å². The molecule has 0 atom stereocenters. The summed E-state index contributed by atoms with van der Waals surface area (Å²) in [5.74, 6) is 2.54. The number of imidazole rings is 1. The first-order valence-electron chi connectivity index (χ1n) is 16.0. The lowest BCUT2D eigenvalue weighted by atomic mass is 9.82. The van der Waals surface area contributed by atoms with Crippen LogP contribution in [-0.2, 0) is 17.9 Å². The third-order valence-electron chi connectivity index (χ3n) is 9.72. The van der Waals surface area contributed by atoms with E-state index in [4.69, 9.17) is 4.98 Å². The Balaban J connectivity index is 1.32. The topological polar surface area (TPSA) is 44.6 Å². The Labute approximate surface area is 243 Å². The Morgan fingerprint density at radius 3 is 2.32 bits per heavy atom. The molecule has 1 aromatic heterocycles. The van der Waals surface area contributed by atoms with Gasteiger partial charge in [0.15, 0.2) is 0 Å². The van der Waals surface area contributed by atoms with E-state index in [2.05, 4.69) is 46.4 Å². The van der Waals surface area contributed by atoms with Crippen LogP contribution in [-0.4, -0.2) is 81.6 Å². The van der Waals surface area contributed by atoms with Gasteiger partial charge in [-0.1, -0.05) is 45.1 Å². The van der Waals surface area contributed by atoms with E-state index >= 15 is 0 Å². The molecule has 5 rings (SSSR count). The number of aromatic nitrogens is 2. The van der Waals surface area contributed by atoms with Gasteiger partial charge in [0.2, 0.25) is 5.91 Å². The van der Waals surface area contributed by atoms with Gasteiger partial charge < -0.3 is 9.47 Å². The number of benzene rings is 1. The number of amides is 1. The SMILES string of the molecule is CCN(C(=O)CCn1c2cc(CN3CCN(CC(F)(F)F)CC3)ccc2nc1[C@H]1CC[C@H](C)CC1)C1CCCCC1. The number of rotatable bonds is 9. The molecule has 1 aromatic carbocycles. The lowest BCUT2D eigenvalue weighted by Gasteiger charge is -2.35. The molecule has 0 spiro atoms. The fourth-order valence-electron chi connectivity index (χ4n) is 7.35. The normalized spacial score (nSPS) is 23.7. The van der Waals surface area contributed by atoms with Crippen molar-refractivity contribution in [3.05, 3.63) is 29.6 Å². The van der Waals surface area contributed by atoms with E-state index in [0.717, 1.165) is 60.6 Å². The predicted octanol–water partition coefficient (Wildman–Crippen LogP) is 6.58. The number of fused-ring (bicyclic) bond motifs is 1. The minimum absolute atomic E-state index is 0.248. The Bertz CT molecular complexity index is 1140. The molecule has 9 heteroatoms. The number of hydrogen-bond donors (Lipinski definition) is 0. The number of carbonyl (C=O) groups is 1. The molecule has 41 heavy (non-hydrogen) atoms. The molecule has 3 fully saturated rings. The summed E-state index contributed by atoms with van der Waals surface area (Å²) in [6.07, 6.45) is 6.97. The van der Waals surface area contributed by atoms with Gasteiger partial charge in [0.05, 0.1) is 17.6 Å². The highest BCUT2D eigenvalue weighted by Crippen LogP contribution is 2.37. The molecule has 3 aliphatic rings. The molecule has 2 saturated carbocycles. The maximum atomic E-state index is 13.5. The second-order valence-electron chi connectivity index (χ2n) is 12.8. The van der Waals surface area contributed by atoms with Crippen molar-refractivity contribution >= 4 is 16.9 Å². The molecule has 2 heterocycles. The van der Waals surface area contributed by atoms with Crippen LogP contribution in [0.5, 0.6) is 0 Å². The van der Waals surface area contributed by atoms with Crippen LogP contribution in [0.25, 0.3) is 11.0 Å². The molecule has 0 bridgehead atoms. The summed E-state index contributed by atoms with van der Waals surface area (Å²) in [4.78, 5) is 24.5. The molecule has 0 N–H and O–H groups in total. The average molecular weight is 576 g/mol. The molecule has 1 amide bonds. The van der Waals surface area contributed by atoms with E-state index in [9.17, 15) is 18.0 Å². The Morgan fingerprint density at radius 1 is 0.976 bits per heavy atom. The molecular formula is C32H48F3N5O. The molecule has 0 unspecified atom stereocenters. The van der Waals surface area contributed by atoms with Crippen LogP contribution >= 0.6 is 0 Å². The molecule has 0 radical (unpaired) electrons. The summed E-state index contributed by atoms with van der Waals surface area (Å²) in [5.41, 5.74) is 3.21. The van der Waals surface area contributed by atoms with Crippen LogP contribution in [0.4, 0.5) is 13.2 Å². The van der Waals surface area contributed by atoms with E-state index in [0.29, 0.717) is 57.6 Å². The minimum Gasteiger partial charge on any atom is -0.340 e. The smallest absolute Gasteiger partial charge is 0.340 e. The summed E-state index contributed by atoms with van der Waals surface area (Å²) in [5, 5.41) is 0. The van der Waals surface area contributed by atoms with E-state index in [1.54, 1.807) is 0 Å². The van der Waals surface area contributed by atoms with Crippen LogP contribution in [0.15, 0.2) is 18.2 Å². The molecule has 2 aromatic rings. The van der Waals surface area contributed by atoms with E-state index in [1.165, 1.54) is 37.0 Å². The zero-order valence-electron chi connectivity index (χ0n) is 25.0. The lowest BCUT2D eigenvalue weighted by molar-refractivity contribution is -0.149. The first-order chi connectivity index (χ1) is 19.7. The fraction of sp³-hybridized carbons (Fsp3) is 0.750. The first-order valence-corrected chi connectivity index (χ1v) is 16.0. The Morgan fingerprint density at radius 2 is 1.66 bits per heavy atom. The van der Waals surface area contributed by atoms with Crippen LogP contribution < -0.4 is 0 Å². The fourth-order valence-corrected chi connectivity index (χ4v) is 7.35.